The Morgan fingerprint density at radius 1 is 1.17 bits per heavy atom. The smallest absolute Gasteiger partial charge is 0.118 e. The summed E-state index contributed by atoms with van der Waals surface area (Å²) in [7, 11) is 1.66. The molecule has 0 amide bonds. The summed E-state index contributed by atoms with van der Waals surface area (Å²) in [5, 5.41) is 0. The van der Waals surface area contributed by atoms with Gasteiger partial charge in [0, 0.05) is 4.58 Å². The SMILES string of the molecule is CC(S)S.COc1ccccc1. The zero-order valence-electron chi connectivity index (χ0n) is 7.27. The first kappa shape index (κ1) is 11.7. The number of ether oxygens (including phenoxy) is 1. The second kappa shape index (κ2) is 7.37. The predicted molar refractivity (Wildman–Crippen MR) is 60.4 cm³/mol. The summed E-state index contributed by atoms with van der Waals surface area (Å²) in [6, 6.07) is 9.68. The highest BCUT2D eigenvalue weighted by atomic mass is 32.2. The van der Waals surface area contributed by atoms with Gasteiger partial charge >= 0.3 is 0 Å². The zero-order chi connectivity index (χ0) is 9.40. The normalized spacial score (nSPS) is 8.75. The minimum Gasteiger partial charge on any atom is -0.497 e. The van der Waals surface area contributed by atoms with E-state index in [1.165, 1.54) is 0 Å². The number of thiol groups is 2. The van der Waals surface area contributed by atoms with Crippen molar-refractivity contribution in [3.05, 3.63) is 30.3 Å². The maximum atomic E-state index is 4.91. The van der Waals surface area contributed by atoms with Crippen LogP contribution in [0.25, 0.3) is 0 Å². The molecular weight excluding hydrogens is 188 g/mol. The van der Waals surface area contributed by atoms with Crippen LogP contribution < -0.4 is 4.74 Å². The Morgan fingerprint density at radius 3 is 1.83 bits per heavy atom. The minimum absolute atomic E-state index is 0.222. The molecule has 1 aromatic carbocycles. The van der Waals surface area contributed by atoms with E-state index in [1.54, 1.807) is 7.11 Å². The standard InChI is InChI=1S/C7H8O.C2H6S2/c1-8-7-5-3-2-4-6-7;1-2(3)4/h2-6H,1H3;2-4H,1H3. The van der Waals surface area contributed by atoms with Crippen LogP contribution in [-0.4, -0.2) is 11.7 Å². The number of hydrogen-bond donors (Lipinski definition) is 2. The molecule has 0 N–H and O–H groups in total. The molecule has 0 spiro atoms. The quantitative estimate of drug-likeness (QED) is 0.526. The third kappa shape index (κ3) is 7.82. The van der Waals surface area contributed by atoms with Crippen LogP contribution in [0.1, 0.15) is 6.92 Å². The fourth-order valence-corrected chi connectivity index (χ4v) is 0.557. The van der Waals surface area contributed by atoms with Gasteiger partial charge in [-0.15, -0.1) is 0 Å². The van der Waals surface area contributed by atoms with Gasteiger partial charge in [0.15, 0.2) is 0 Å². The van der Waals surface area contributed by atoms with Crippen molar-refractivity contribution in [3.8, 4) is 5.75 Å². The van der Waals surface area contributed by atoms with Crippen LogP contribution >= 0.6 is 25.3 Å². The molecule has 1 nitrogen and oxygen atoms in total. The van der Waals surface area contributed by atoms with Crippen molar-refractivity contribution in [2.75, 3.05) is 7.11 Å². The largest absolute Gasteiger partial charge is 0.497 e. The summed E-state index contributed by atoms with van der Waals surface area (Å²) in [6.07, 6.45) is 0. The Labute approximate surface area is 85.0 Å². The summed E-state index contributed by atoms with van der Waals surface area (Å²) in [4.78, 5) is 0. The molecule has 0 heterocycles. The molecule has 0 atom stereocenters. The second-order valence-corrected chi connectivity index (χ2v) is 4.11. The lowest BCUT2D eigenvalue weighted by Gasteiger charge is -1.93. The molecule has 0 saturated carbocycles. The third-order valence-corrected chi connectivity index (χ3v) is 0.979. The van der Waals surface area contributed by atoms with Gasteiger partial charge in [0.2, 0.25) is 0 Å². The average molecular weight is 202 g/mol. The number of benzene rings is 1. The Kier molecular flexibility index (Phi) is 7.20. The minimum atomic E-state index is 0.222. The van der Waals surface area contributed by atoms with Crippen LogP contribution in [0, 0.1) is 0 Å². The van der Waals surface area contributed by atoms with Crippen LogP contribution in [-0.2, 0) is 0 Å². The number of para-hydroxylation sites is 1. The van der Waals surface area contributed by atoms with E-state index in [9.17, 15) is 0 Å². The van der Waals surface area contributed by atoms with Gasteiger partial charge in [0.05, 0.1) is 7.11 Å². The van der Waals surface area contributed by atoms with Gasteiger partial charge in [0.1, 0.15) is 5.75 Å². The Morgan fingerprint density at radius 2 is 1.58 bits per heavy atom. The molecule has 0 bridgehead atoms. The zero-order valence-corrected chi connectivity index (χ0v) is 9.06. The number of hydrogen-bond acceptors (Lipinski definition) is 3. The van der Waals surface area contributed by atoms with Gasteiger partial charge in [-0.05, 0) is 19.1 Å². The third-order valence-electron chi connectivity index (χ3n) is 0.979. The fraction of sp³-hybridized carbons (Fsp3) is 0.333. The van der Waals surface area contributed by atoms with E-state index in [1.807, 2.05) is 37.3 Å². The summed E-state index contributed by atoms with van der Waals surface area (Å²) in [6.45, 7) is 1.90. The Bertz CT molecular complexity index is 184. The molecule has 0 aliphatic carbocycles. The molecule has 0 unspecified atom stereocenters. The van der Waals surface area contributed by atoms with Gasteiger partial charge in [-0.3, -0.25) is 0 Å². The van der Waals surface area contributed by atoms with Gasteiger partial charge in [-0.1, -0.05) is 18.2 Å². The Balaban J connectivity index is 0.000000261. The molecular formula is C9H14OS2. The van der Waals surface area contributed by atoms with Crippen molar-refractivity contribution in [2.45, 2.75) is 11.5 Å². The molecule has 0 fully saturated rings. The fourth-order valence-electron chi connectivity index (χ4n) is 0.557. The van der Waals surface area contributed by atoms with Crippen molar-refractivity contribution in [2.24, 2.45) is 0 Å². The van der Waals surface area contributed by atoms with Crippen LogP contribution in [0.3, 0.4) is 0 Å². The number of rotatable bonds is 1. The molecule has 3 heteroatoms. The maximum absolute atomic E-state index is 4.91. The van der Waals surface area contributed by atoms with Gasteiger partial charge in [-0.25, -0.2) is 0 Å². The van der Waals surface area contributed by atoms with Crippen molar-refractivity contribution in [3.63, 3.8) is 0 Å². The highest BCUT2D eigenvalue weighted by molar-refractivity contribution is 7.99. The van der Waals surface area contributed by atoms with E-state index in [0.29, 0.717) is 0 Å². The molecule has 0 aliphatic rings. The molecule has 12 heavy (non-hydrogen) atoms. The molecule has 1 rings (SSSR count). The molecule has 0 radical (unpaired) electrons. The first-order valence-electron chi connectivity index (χ1n) is 3.62. The number of methoxy groups -OCH3 is 1. The average Bonchev–Trinajstić information content (AvgIpc) is 2.05. The van der Waals surface area contributed by atoms with E-state index in [-0.39, 0.29) is 4.58 Å². The van der Waals surface area contributed by atoms with Crippen LogP contribution in [0.5, 0.6) is 5.75 Å². The van der Waals surface area contributed by atoms with Crippen molar-refractivity contribution >= 4 is 25.3 Å². The predicted octanol–water partition coefficient (Wildman–Crippen LogP) is 2.89. The highest BCUT2D eigenvalue weighted by Crippen LogP contribution is 2.05. The second-order valence-electron chi connectivity index (χ2n) is 2.15. The lowest BCUT2D eigenvalue weighted by atomic mass is 10.3. The highest BCUT2D eigenvalue weighted by Gasteiger charge is 1.80. The summed E-state index contributed by atoms with van der Waals surface area (Å²) < 4.78 is 5.14. The summed E-state index contributed by atoms with van der Waals surface area (Å²) in [5.41, 5.74) is 0. The summed E-state index contributed by atoms with van der Waals surface area (Å²) in [5.74, 6) is 0.910. The molecule has 1 aromatic rings. The van der Waals surface area contributed by atoms with E-state index in [0.717, 1.165) is 5.75 Å². The van der Waals surface area contributed by atoms with Crippen LogP contribution in [0.2, 0.25) is 0 Å². The van der Waals surface area contributed by atoms with Crippen LogP contribution in [0.4, 0.5) is 0 Å². The van der Waals surface area contributed by atoms with Crippen LogP contribution in [0.15, 0.2) is 30.3 Å². The first-order valence-corrected chi connectivity index (χ1v) is 4.65. The molecule has 0 aliphatic heterocycles. The van der Waals surface area contributed by atoms with Gasteiger partial charge in [0.25, 0.3) is 0 Å². The van der Waals surface area contributed by atoms with E-state index < -0.39 is 0 Å². The summed E-state index contributed by atoms with van der Waals surface area (Å²) >= 11 is 7.66. The first-order chi connectivity index (χ1) is 5.66. The topological polar surface area (TPSA) is 9.23 Å². The maximum Gasteiger partial charge on any atom is 0.118 e. The van der Waals surface area contributed by atoms with Gasteiger partial charge < -0.3 is 4.74 Å². The Hall–Kier alpha value is -0.280. The van der Waals surface area contributed by atoms with Gasteiger partial charge in [-0.2, -0.15) is 25.3 Å². The van der Waals surface area contributed by atoms with E-state index in [2.05, 4.69) is 25.3 Å². The van der Waals surface area contributed by atoms with Crippen molar-refractivity contribution < 1.29 is 4.74 Å². The molecule has 0 saturated heterocycles. The molecule has 0 aromatic heterocycles. The van der Waals surface area contributed by atoms with Crippen molar-refractivity contribution in [1.82, 2.24) is 0 Å². The van der Waals surface area contributed by atoms with E-state index >= 15 is 0 Å². The van der Waals surface area contributed by atoms with Crippen molar-refractivity contribution in [1.29, 1.82) is 0 Å². The van der Waals surface area contributed by atoms with E-state index in [4.69, 9.17) is 4.74 Å². The lowest BCUT2D eigenvalue weighted by Crippen LogP contribution is -1.78. The molecule has 68 valence electrons. The lowest BCUT2D eigenvalue weighted by molar-refractivity contribution is 0.415. The monoisotopic (exact) mass is 202 g/mol.